The van der Waals surface area contributed by atoms with E-state index < -0.39 is 152 Å². The topological polar surface area (TPSA) is 421 Å². The number of pyridine rings is 1. The first-order valence-corrected chi connectivity index (χ1v) is 46.2. The standard InChI is InChI=1S/C41H64O14.C26H23FIN5O4.C23H20F3N5O2S2/c1-19-36(47)28(42)15-34(50-19)54-38-21(3)52-35(17-30(38)44)55-37-20(2)51-33(16-29(37)43)53-24-8-10-39(4)23(13-24)6-7-26-27(39)14-31(45)40(5)25(9-11-41(26,40)48)22-12-32(46)49-18-22;1-13-22-21(23(31(3)24(13)35)30-20-10-7-15(28)11-19(20)27)25(36)33(17-8-9-17)26(37)32(22)18-6-4-5-16(12-18)29-14(2)34;1-23(2,3)21-30-18(19(34-21)16-10-11-28-22(27)29-16)12-6-4-9-15(17(12)26)31-35(32,33)20-13(24)7-5-8-14(20)25/h12,19-21,23-31,33-38,42-45,47-48H,6-11,13-18H2,1-5H3;4-7,10-12,17,30H,8-9H2,1-3H3,(H,29,34);4-11,31H,1-3H3,(H2,27,28,29)/t19-,20-,21-,23-,24+,25-,26-,27+,28+,29+,30+,31-,33+,34+,35+,36-,37-,38-,39+,40+,41+;;/m1../s1. The third-order valence-corrected chi connectivity index (χ3v) is 30.8. The molecule has 0 bridgehead atoms. The first-order chi connectivity index (χ1) is 60.0. The molecule has 0 unspecified atom stereocenters. The van der Waals surface area contributed by atoms with E-state index in [1.165, 1.54) is 69.5 Å². The highest BCUT2D eigenvalue weighted by Crippen LogP contribution is 2.70. The van der Waals surface area contributed by atoms with Gasteiger partial charge < -0.3 is 80.2 Å². The van der Waals surface area contributed by atoms with Gasteiger partial charge >= 0.3 is 11.7 Å². The number of benzene rings is 4. The summed E-state index contributed by atoms with van der Waals surface area (Å²) in [6.07, 6.45) is 1.29. The third-order valence-electron chi connectivity index (χ3n) is 27.2. The Morgan fingerprint density at radius 2 is 1.38 bits per heavy atom. The van der Waals surface area contributed by atoms with Crippen LogP contribution in [-0.2, 0) is 65.2 Å². The maximum atomic E-state index is 15.7. The van der Waals surface area contributed by atoms with Gasteiger partial charge in [-0.3, -0.25) is 32.8 Å². The monoisotopic (exact) mass is 1910 g/mol. The van der Waals surface area contributed by atoms with Gasteiger partial charge in [0.15, 0.2) is 29.6 Å². The van der Waals surface area contributed by atoms with E-state index in [1.54, 1.807) is 63.2 Å². The number of nitrogens with one attached hydrogen (secondary N) is 3. The molecule has 5 saturated carbocycles. The second kappa shape index (κ2) is 36.3. The molecule has 127 heavy (non-hydrogen) atoms. The van der Waals surface area contributed by atoms with Crippen molar-refractivity contribution in [2.75, 3.05) is 27.7 Å². The average molecular weight is 1920 g/mol. The first-order valence-electron chi connectivity index (χ1n) is 42.8. The van der Waals surface area contributed by atoms with Gasteiger partial charge in [-0.15, -0.1) is 11.3 Å². The summed E-state index contributed by atoms with van der Waals surface area (Å²) in [5.41, 5.74) is 4.21. The molecule has 4 aromatic carbocycles. The minimum absolute atomic E-state index is 0.0213. The van der Waals surface area contributed by atoms with Crippen LogP contribution in [0.5, 0.6) is 0 Å². The number of aromatic nitrogens is 6. The minimum atomic E-state index is -4.78. The molecule has 684 valence electrons. The molecule has 8 heterocycles. The lowest BCUT2D eigenvalue weighted by Crippen LogP contribution is -2.67. The number of aliphatic hydroxyl groups is 6. The number of sulfonamides is 1. The predicted octanol–water partition coefficient (Wildman–Crippen LogP) is 11.5. The number of halogens is 5. The van der Waals surface area contributed by atoms with Crippen LogP contribution in [0.1, 0.15) is 162 Å². The molecular formula is C90H107F4IN10O20S2. The molecule has 4 aromatic heterocycles. The highest BCUT2D eigenvalue weighted by atomic mass is 127. The van der Waals surface area contributed by atoms with Gasteiger partial charge in [-0.1, -0.05) is 52.8 Å². The Hall–Kier alpha value is -8.52. The number of anilines is 5. The number of esters is 1. The largest absolute Gasteiger partial charge is 0.458 e. The fourth-order valence-electron chi connectivity index (χ4n) is 20.5. The lowest BCUT2D eigenvalue weighted by atomic mass is 9.42. The summed E-state index contributed by atoms with van der Waals surface area (Å²) in [4.78, 5) is 76.5. The molecule has 4 aliphatic heterocycles. The number of rotatable bonds is 17. The second-order valence-corrected chi connectivity index (χ2v) is 40.3. The van der Waals surface area contributed by atoms with E-state index in [1.807, 2.05) is 61.9 Å². The van der Waals surface area contributed by atoms with E-state index in [0.717, 1.165) is 68.4 Å². The van der Waals surface area contributed by atoms with Crippen molar-refractivity contribution in [1.29, 1.82) is 0 Å². The summed E-state index contributed by atoms with van der Waals surface area (Å²) in [6.45, 7) is 18.6. The molecule has 8 aromatic rings. The van der Waals surface area contributed by atoms with Crippen molar-refractivity contribution < 1.29 is 99.4 Å². The van der Waals surface area contributed by atoms with E-state index in [0.29, 0.717) is 62.1 Å². The van der Waals surface area contributed by atoms with Gasteiger partial charge in [0.25, 0.3) is 21.1 Å². The Kier molecular flexibility index (Phi) is 26.6. The molecule has 30 nitrogen and oxygen atoms in total. The quantitative estimate of drug-likeness (QED) is 0.0175. The molecule has 21 atom stereocenters. The van der Waals surface area contributed by atoms with Gasteiger partial charge in [-0.05, 0) is 216 Å². The highest BCUT2D eigenvalue weighted by Gasteiger charge is 2.71. The van der Waals surface area contributed by atoms with Gasteiger partial charge in [0.2, 0.25) is 11.9 Å². The highest BCUT2D eigenvalue weighted by molar-refractivity contribution is 14.1. The molecule has 37 heteroatoms. The van der Waals surface area contributed by atoms with Crippen molar-refractivity contribution in [1.82, 2.24) is 28.7 Å². The Labute approximate surface area is 747 Å². The Bertz CT molecular complexity index is 5840. The number of nitrogens with two attached hydrogens (primary N) is 1. The van der Waals surface area contributed by atoms with Crippen molar-refractivity contribution in [3.63, 3.8) is 0 Å². The summed E-state index contributed by atoms with van der Waals surface area (Å²) in [6, 6.07) is 19.1. The molecule has 1 amide bonds. The van der Waals surface area contributed by atoms with Crippen LogP contribution in [0.25, 0.3) is 38.4 Å². The fraction of sp³-hybridized carbons (Fsp3) is 0.533. The van der Waals surface area contributed by atoms with Crippen LogP contribution < -0.4 is 37.9 Å². The number of ether oxygens (including phenoxy) is 7. The SMILES string of the molecule is CC(=O)Nc1cccc(-n2c(=O)n(C3CC3)c(=O)c3c(Nc4ccc(I)cc4F)n(C)c(=O)c(C)c32)c1.CC(C)(C)c1nc(-c2cccc(NS(=O)(=O)c3c(F)cccc3F)c2F)c(-c2ccnc(N)n2)s1.C[C@H]1O[C@@H](O[C@H]2[C@@H](O)C[C@H](O[C@H]3[C@@H](O)C[C@H](O[C@H]4CC[C@@]5(C)[C@H](CC[C@@H]6[C@@H]5C[C@@H](O)[C@]5(C)[C@@H](C7=CC(=O)OC7)CC[C@]65O)C4)O[C@@H]3C)O[C@@H]2C)C[C@H](O)[C@@H]1O. The Morgan fingerprint density at radius 3 is 1.99 bits per heavy atom. The molecule has 3 saturated heterocycles. The van der Waals surface area contributed by atoms with E-state index >= 15 is 4.39 Å². The fourth-order valence-corrected chi connectivity index (χ4v) is 23.2. The lowest BCUT2D eigenvalue weighted by molar-refractivity contribution is -0.336. The Balaban J connectivity index is 0.000000152. The smallest absolute Gasteiger partial charge is 0.336 e. The zero-order valence-corrected chi connectivity index (χ0v) is 75.8. The van der Waals surface area contributed by atoms with Gasteiger partial charge in [-0.25, -0.2) is 50.5 Å². The maximum Gasteiger partial charge on any atom is 0.336 e. The van der Waals surface area contributed by atoms with Crippen LogP contribution in [0.15, 0.2) is 122 Å². The number of carbonyl (C=O) groups excluding carboxylic acids is 2. The van der Waals surface area contributed by atoms with E-state index in [4.69, 9.17) is 38.9 Å². The van der Waals surface area contributed by atoms with Gasteiger partial charge in [0, 0.05) is 82.8 Å². The van der Waals surface area contributed by atoms with Crippen molar-refractivity contribution in [3.05, 3.63) is 171 Å². The van der Waals surface area contributed by atoms with Crippen molar-refractivity contribution in [2.24, 2.45) is 41.5 Å². The van der Waals surface area contributed by atoms with Crippen LogP contribution in [0, 0.1) is 68.3 Å². The van der Waals surface area contributed by atoms with Crippen LogP contribution in [0.2, 0.25) is 0 Å². The van der Waals surface area contributed by atoms with Crippen molar-refractivity contribution in [2.45, 2.75) is 261 Å². The normalized spacial score (nSPS) is 31.2. The summed E-state index contributed by atoms with van der Waals surface area (Å²) in [7, 11) is -3.28. The molecule has 0 spiro atoms. The van der Waals surface area contributed by atoms with Crippen LogP contribution >= 0.6 is 33.9 Å². The number of carbonyl (C=O) groups is 2. The first kappa shape index (κ1) is 93.2. The lowest BCUT2D eigenvalue weighted by Gasteiger charge is -2.65. The number of aryl methyl sites for hydroxylation is 1. The molecule has 5 aliphatic carbocycles. The number of thiazole rings is 1. The number of hydrogen-bond acceptors (Lipinski definition) is 26. The number of aliphatic hydroxyl groups excluding tert-OH is 5. The van der Waals surface area contributed by atoms with Crippen LogP contribution in [0.4, 0.5) is 46.4 Å². The molecule has 9 aliphatic rings. The zero-order valence-electron chi connectivity index (χ0n) is 72.0. The number of nitrogen functional groups attached to an aromatic ring is 1. The van der Waals surface area contributed by atoms with Crippen molar-refractivity contribution >= 4 is 95.6 Å². The van der Waals surface area contributed by atoms with Gasteiger partial charge in [-0.2, -0.15) is 0 Å². The maximum absolute atomic E-state index is 15.7. The number of hydrogen-bond donors (Lipinski definition) is 10. The van der Waals surface area contributed by atoms with Gasteiger partial charge in [0.1, 0.15) is 53.6 Å². The number of amides is 1. The van der Waals surface area contributed by atoms with Crippen LogP contribution in [-0.4, -0.2) is 178 Å². The number of cyclic esters (lactones) is 1. The second-order valence-electron chi connectivity index (χ2n) is 36.5. The van der Waals surface area contributed by atoms with E-state index in [2.05, 4.69) is 32.5 Å². The third kappa shape index (κ3) is 18.2. The summed E-state index contributed by atoms with van der Waals surface area (Å²) in [5.74, 6) is -4.10. The molecule has 17 rings (SSSR count). The summed E-state index contributed by atoms with van der Waals surface area (Å²) in [5, 5.41) is 73.3. The molecular weight excluding hydrogens is 1810 g/mol. The summed E-state index contributed by atoms with van der Waals surface area (Å²) < 4.78 is 133. The minimum Gasteiger partial charge on any atom is -0.458 e. The number of nitrogens with zero attached hydrogens (tertiary/aromatic N) is 6. The molecule has 8 fully saturated rings. The zero-order chi connectivity index (χ0) is 91.3. The Morgan fingerprint density at radius 1 is 0.732 bits per heavy atom. The van der Waals surface area contributed by atoms with Crippen molar-refractivity contribution in [3.8, 4) is 27.5 Å². The molecule has 0 radical (unpaired) electrons. The van der Waals surface area contributed by atoms with E-state index in [-0.39, 0.29) is 124 Å². The number of fused-ring (bicyclic) bond motifs is 6. The van der Waals surface area contributed by atoms with E-state index in [9.17, 15) is 76.2 Å². The average Bonchev–Trinajstić information content (AvgIpc) is 1.58. The molecule has 11 N–H and O–H groups in total. The van der Waals surface area contributed by atoms with Gasteiger partial charge in [0.05, 0.1) is 98.3 Å². The predicted molar refractivity (Wildman–Crippen MR) is 470 cm³/mol. The van der Waals surface area contributed by atoms with Crippen LogP contribution in [0.3, 0.4) is 0 Å². The summed E-state index contributed by atoms with van der Waals surface area (Å²) >= 11 is 3.28.